The molecule has 0 bridgehead atoms. The van der Waals surface area contributed by atoms with Gasteiger partial charge < -0.3 is 15.1 Å². The molecule has 1 N–H and O–H groups in total. The van der Waals surface area contributed by atoms with Crippen LogP contribution in [0.2, 0.25) is 0 Å². The highest BCUT2D eigenvalue weighted by atomic mass is 16.2. The summed E-state index contributed by atoms with van der Waals surface area (Å²) >= 11 is 0. The van der Waals surface area contributed by atoms with Crippen LogP contribution in [0.4, 0.5) is 5.82 Å². The van der Waals surface area contributed by atoms with Crippen molar-refractivity contribution in [3.8, 4) is 0 Å². The third-order valence-electron chi connectivity index (χ3n) is 4.67. The number of rotatable bonds is 4. The predicted octanol–water partition coefficient (Wildman–Crippen LogP) is 0.964. The van der Waals surface area contributed by atoms with Gasteiger partial charge in [0.25, 0.3) is 0 Å². The third-order valence-corrected chi connectivity index (χ3v) is 4.67. The number of hydrogen-bond acceptors (Lipinski definition) is 5. The number of likely N-dealkylation sites (tertiary alicyclic amines) is 1. The molecule has 2 fully saturated rings. The number of piperidine rings is 1. The Hall–Kier alpha value is -2.18. The lowest BCUT2D eigenvalue weighted by Gasteiger charge is -2.34. The zero-order valence-corrected chi connectivity index (χ0v) is 14.0. The van der Waals surface area contributed by atoms with E-state index in [1.54, 1.807) is 23.5 Å². The first-order valence-electron chi connectivity index (χ1n) is 8.80. The fourth-order valence-corrected chi connectivity index (χ4v) is 3.41. The number of hydrogen-bond donors (Lipinski definition) is 1. The van der Waals surface area contributed by atoms with Crippen molar-refractivity contribution in [2.45, 2.75) is 44.6 Å². The zero-order chi connectivity index (χ0) is 16.8. The van der Waals surface area contributed by atoms with E-state index in [-0.39, 0.29) is 24.4 Å². The monoisotopic (exact) mass is 331 g/mol. The Morgan fingerprint density at radius 1 is 1.21 bits per heavy atom. The van der Waals surface area contributed by atoms with E-state index in [4.69, 9.17) is 0 Å². The largest absolute Gasteiger partial charge is 0.353 e. The van der Waals surface area contributed by atoms with Crippen LogP contribution in [0.5, 0.6) is 0 Å². The minimum absolute atomic E-state index is 0.0590. The van der Waals surface area contributed by atoms with E-state index in [0.29, 0.717) is 13.0 Å². The van der Waals surface area contributed by atoms with E-state index < -0.39 is 0 Å². The van der Waals surface area contributed by atoms with Crippen LogP contribution < -0.4 is 10.2 Å². The van der Waals surface area contributed by atoms with Crippen LogP contribution in [-0.2, 0) is 9.59 Å². The highest BCUT2D eigenvalue weighted by Gasteiger charge is 2.24. The van der Waals surface area contributed by atoms with Crippen molar-refractivity contribution in [3.05, 3.63) is 18.6 Å². The number of nitrogens with zero attached hydrogens (tertiary/aromatic N) is 4. The number of amides is 2. The molecule has 2 saturated heterocycles. The van der Waals surface area contributed by atoms with Gasteiger partial charge in [0, 0.05) is 44.5 Å². The molecule has 0 saturated carbocycles. The first-order valence-corrected chi connectivity index (χ1v) is 8.80. The van der Waals surface area contributed by atoms with Gasteiger partial charge in [-0.15, -0.1) is 0 Å². The van der Waals surface area contributed by atoms with Crippen LogP contribution >= 0.6 is 0 Å². The maximum atomic E-state index is 12.3. The molecule has 0 spiro atoms. The summed E-state index contributed by atoms with van der Waals surface area (Å²) in [6.45, 7) is 2.54. The topological polar surface area (TPSA) is 78.4 Å². The van der Waals surface area contributed by atoms with Gasteiger partial charge >= 0.3 is 0 Å². The van der Waals surface area contributed by atoms with Crippen LogP contribution in [0.3, 0.4) is 0 Å². The summed E-state index contributed by atoms with van der Waals surface area (Å²) in [6.07, 6.45) is 10.6. The van der Waals surface area contributed by atoms with Gasteiger partial charge in [0.15, 0.2) is 0 Å². The molecule has 0 unspecified atom stereocenters. The van der Waals surface area contributed by atoms with Crippen LogP contribution in [0.25, 0.3) is 0 Å². The Kier molecular flexibility index (Phi) is 5.61. The molecule has 0 aliphatic carbocycles. The molecule has 2 aliphatic heterocycles. The molecule has 1 aromatic heterocycles. The standard InChI is InChI=1S/C17H25N5O2/c23-16(13-22-9-3-1-2-6-17(22)24)20-14-5-4-10-21(12-14)15-11-18-7-8-19-15/h7-8,11,14H,1-6,9-10,12-13H2,(H,20,23)/t14-/m1/s1. The average molecular weight is 331 g/mol. The van der Waals surface area contributed by atoms with E-state index in [9.17, 15) is 9.59 Å². The van der Waals surface area contributed by atoms with Crippen LogP contribution in [0.15, 0.2) is 18.6 Å². The molecular formula is C17H25N5O2. The predicted molar refractivity (Wildman–Crippen MR) is 90.5 cm³/mol. The summed E-state index contributed by atoms with van der Waals surface area (Å²) < 4.78 is 0. The Morgan fingerprint density at radius 3 is 2.96 bits per heavy atom. The summed E-state index contributed by atoms with van der Waals surface area (Å²) in [6, 6.07) is 0.0929. The molecule has 1 aromatic rings. The van der Waals surface area contributed by atoms with E-state index in [2.05, 4.69) is 20.2 Å². The van der Waals surface area contributed by atoms with Gasteiger partial charge in [-0.1, -0.05) is 6.42 Å². The smallest absolute Gasteiger partial charge is 0.239 e. The van der Waals surface area contributed by atoms with Gasteiger partial charge in [-0.25, -0.2) is 4.98 Å². The summed E-state index contributed by atoms with van der Waals surface area (Å²) in [4.78, 5) is 36.6. The van der Waals surface area contributed by atoms with E-state index in [1.807, 2.05) is 0 Å². The van der Waals surface area contributed by atoms with Crippen LogP contribution in [-0.4, -0.2) is 58.9 Å². The highest BCUT2D eigenvalue weighted by molar-refractivity contribution is 5.85. The summed E-state index contributed by atoms with van der Waals surface area (Å²) in [7, 11) is 0. The van der Waals surface area contributed by atoms with E-state index >= 15 is 0 Å². The second-order valence-corrected chi connectivity index (χ2v) is 6.54. The maximum absolute atomic E-state index is 12.3. The SMILES string of the molecule is O=C(CN1CCCCCC1=O)N[C@@H]1CCCN(c2cnccn2)C1. The van der Waals surface area contributed by atoms with Crippen molar-refractivity contribution in [3.63, 3.8) is 0 Å². The molecule has 7 nitrogen and oxygen atoms in total. The van der Waals surface area contributed by atoms with Gasteiger partial charge in [-0.3, -0.25) is 14.6 Å². The van der Waals surface area contributed by atoms with E-state index in [0.717, 1.165) is 51.0 Å². The molecule has 3 heterocycles. The van der Waals surface area contributed by atoms with Gasteiger partial charge in [-0.2, -0.15) is 0 Å². The average Bonchev–Trinajstić information content (AvgIpc) is 2.80. The van der Waals surface area contributed by atoms with Crippen LogP contribution in [0.1, 0.15) is 38.5 Å². The van der Waals surface area contributed by atoms with Crippen molar-refractivity contribution in [2.75, 3.05) is 31.1 Å². The van der Waals surface area contributed by atoms with Crippen molar-refractivity contribution in [1.82, 2.24) is 20.2 Å². The lowest BCUT2D eigenvalue weighted by Crippen LogP contribution is -2.50. The molecule has 24 heavy (non-hydrogen) atoms. The number of aromatic nitrogens is 2. The van der Waals surface area contributed by atoms with Gasteiger partial charge in [0.05, 0.1) is 12.7 Å². The second kappa shape index (κ2) is 8.08. The molecular weight excluding hydrogens is 306 g/mol. The summed E-state index contributed by atoms with van der Waals surface area (Å²) in [5, 5.41) is 3.08. The van der Waals surface area contributed by atoms with Crippen molar-refractivity contribution >= 4 is 17.6 Å². The molecule has 0 radical (unpaired) electrons. The Labute approximate surface area is 142 Å². The number of anilines is 1. The highest BCUT2D eigenvalue weighted by Crippen LogP contribution is 2.16. The lowest BCUT2D eigenvalue weighted by molar-refractivity contribution is -0.135. The number of nitrogens with one attached hydrogen (secondary N) is 1. The lowest BCUT2D eigenvalue weighted by atomic mass is 10.1. The molecule has 1 atom stereocenters. The first-order chi connectivity index (χ1) is 11.7. The van der Waals surface area contributed by atoms with Crippen molar-refractivity contribution in [1.29, 1.82) is 0 Å². The van der Waals surface area contributed by atoms with Crippen molar-refractivity contribution in [2.24, 2.45) is 0 Å². The number of carbonyl (C=O) groups is 2. The minimum Gasteiger partial charge on any atom is -0.353 e. The molecule has 2 aliphatic rings. The second-order valence-electron chi connectivity index (χ2n) is 6.54. The molecule has 0 aromatic carbocycles. The first kappa shape index (κ1) is 16.7. The molecule has 2 amide bonds. The molecule has 3 rings (SSSR count). The number of carbonyl (C=O) groups excluding carboxylic acids is 2. The van der Waals surface area contributed by atoms with Gasteiger partial charge in [0.1, 0.15) is 5.82 Å². The molecule has 7 heteroatoms. The minimum atomic E-state index is -0.0590. The van der Waals surface area contributed by atoms with Crippen molar-refractivity contribution < 1.29 is 9.59 Å². The third kappa shape index (κ3) is 4.43. The zero-order valence-electron chi connectivity index (χ0n) is 14.0. The Morgan fingerprint density at radius 2 is 2.12 bits per heavy atom. The van der Waals surface area contributed by atoms with Crippen LogP contribution in [0, 0.1) is 0 Å². The summed E-state index contributed by atoms with van der Waals surface area (Å²) in [5.41, 5.74) is 0. The molecule has 130 valence electrons. The Balaban J connectivity index is 1.51. The maximum Gasteiger partial charge on any atom is 0.239 e. The fraction of sp³-hybridized carbons (Fsp3) is 0.647. The summed E-state index contributed by atoms with van der Waals surface area (Å²) in [5.74, 6) is 0.892. The van der Waals surface area contributed by atoms with E-state index in [1.165, 1.54) is 0 Å². The quantitative estimate of drug-likeness (QED) is 0.889. The normalized spacial score (nSPS) is 22.2. The van der Waals surface area contributed by atoms with Gasteiger partial charge in [-0.05, 0) is 25.7 Å². The van der Waals surface area contributed by atoms with Gasteiger partial charge in [0.2, 0.25) is 11.8 Å². The fourth-order valence-electron chi connectivity index (χ4n) is 3.41. The Bertz CT molecular complexity index is 565.